The smallest absolute Gasteiger partial charge is 0.287 e. The second kappa shape index (κ2) is 4.92. The first-order valence-corrected chi connectivity index (χ1v) is 6.98. The predicted octanol–water partition coefficient (Wildman–Crippen LogP) is 2.09. The summed E-state index contributed by atoms with van der Waals surface area (Å²) >= 11 is 1.30. The zero-order valence-corrected chi connectivity index (χ0v) is 11.8. The van der Waals surface area contributed by atoms with E-state index < -0.39 is 22.9 Å². The molecule has 0 bridgehead atoms. The molecule has 4 nitrogen and oxygen atoms in total. The molecule has 3 rings (SSSR count). The van der Waals surface area contributed by atoms with E-state index in [0.29, 0.717) is 15.8 Å². The van der Waals surface area contributed by atoms with Crippen molar-refractivity contribution in [3.05, 3.63) is 67.7 Å². The number of aromatic nitrogens is 2. The van der Waals surface area contributed by atoms with Crippen molar-refractivity contribution in [2.45, 2.75) is 6.54 Å². The average molecular weight is 308 g/mol. The Hall–Kier alpha value is -2.28. The van der Waals surface area contributed by atoms with E-state index in [0.717, 1.165) is 16.7 Å². The minimum absolute atomic E-state index is 0.103. The Kier molecular flexibility index (Phi) is 3.21. The normalized spacial score (nSPS) is 11.2. The molecule has 3 aromatic rings. The quantitative estimate of drug-likeness (QED) is 0.727. The highest BCUT2D eigenvalue weighted by atomic mass is 32.1. The van der Waals surface area contributed by atoms with E-state index in [9.17, 15) is 18.4 Å². The lowest BCUT2D eigenvalue weighted by atomic mass is 10.2. The molecule has 7 heteroatoms. The Morgan fingerprint density at radius 1 is 1.14 bits per heavy atom. The maximum absolute atomic E-state index is 13.2. The van der Waals surface area contributed by atoms with Crippen LogP contribution in [0.2, 0.25) is 0 Å². The fourth-order valence-corrected chi connectivity index (χ4v) is 3.04. The van der Waals surface area contributed by atoms with Crippen LogP contribution in [-0.2, 0) is 13.6 Å². The van der Waals surface area contributed by atoms with Crippen molar-refractivity contribution in [2.75, 3.05) is 0 Å². The Labute approximate surface area is 121 Å². The van der Waals surface area contributed by atoms with Gasteiger partial charge in [0.1, 0.15) is 4.83 Å². The highest BCUT2D eigenvalue weighted by Crippen LogP contribution is 2.15. The van der Waals surface area contributed by atoms with Crippen LogP contribution < -0.4 is 11.2 Å². The van der Waals surface area contributed by atoms with Gasteiger partial charge < -0.3 is 0 Å². The van der Waals surface area contributed by atoms with Gasteiger partial charge in [-0.05, 0) is 29.1 Å². The summed E-state index contributed by atoms with van der Waals surface area (Å²) in [6.07, 6.45) is 0. The lowest BCUT2D eigenvalue weighted by Gasteiger charge is -2.08. The van der Waals surface area contributed by atoms with Crippen LogP contribution in [0, 0.1) is 11.6 Å². The number of benzene rings is 1. The summed E-state index contributed by atoms with van der Waals surface area (Å²) in [4.78, 5) is 25.1. The minimum Gasteiger partial charge on any atom is -0.287 e. The zero-order chi connectivity index (χ0) is 15.1. The van der Waals surface area contributed by atoms with Gasteiger partial charge in [-0.2, -0.15) is 0 Å². The number of hydrogen-bond donors (Lipinski definition) is 0. The summed E-state index contributed by atoms with van der Waals surface area (Å²) in [5, 5.41) is 2.16. The Balaban J connectivity index is 2.18. The molecule has 108 valence electrons. The third-order valence-corrected chi connectivity index (χ3v) is 4.26. The van der Waals surface area contributed by atoms with E-state index in [-0.39, 0.29) is 6.54 Å². The van der Waals surface area contributed by atoms with Crippen molar-refractivity contribution >= 4 is 21.6 Å². The predicted molar refractivity (Wildman–Crippen MR) is 76.8 cm³/mol. The van der Waals surface area contributed by atoms with Gasteiger partial charge in [0.25, 0.3) is 5.56 Å². The summed E-state index contributed by atoms with van der Waals surface area (Å²) in [6, 6.07) is 4.95. The molecular weight excluding hydrogens is 298 g/mol. The van der Waals surface area contributed by atoms with Gasteiger partial charge in [0.2, 0.25) is 0 Å². The largest absolute Gasteiger partial charge is 0.332 e. The third-order valence-electron chi connectivity index (χ3n) is 3.27. The van der Waals surface area contributed by atoms with Crippen LogP contribution >= 0.6 is 11.3 Å². The van der Waals surface area contributed by atoms with Crippen LogP contribution in [0.1, 0.15) is 5.56 Å². The van der Waals surface area contributed by atoms with E-state index in [1.165, 1.54) is 22.0 Å². The van der Waals surface area contributed by atoms with Gasteiger partial charge in [0, 0.05) is 7.05 Å². The summed E-state index contributed by atoms with van der Waals surface area (Å²) in [7, 11) is 1.57. The number of rotatable bonds is 2. The van der Waals surface area contributed by atoms with Gasteiger partial charge in [-0.3, -0.25) is 13.9 Å². The monoisotopic (exact) mass is 308 g/mol. The van der Waals surface area contributed by atoms with Crippen molar-refractivity contribution < 1.29 is 8.78 Å². The number of aryl methyl sites for hydroxylation is 1. The Morgan fingerprint density at radius 2 is 1.90 bits per heavy atom. The van der Waals surface area contributed by atoms with Crippen molar-refractivity contribution in [3.8, 4) is 0 Å². The maximum Gasteiger partial charge on any atom is 0.332 e. The number of hydrogen-bond acceptors (Lipinski definition) is 3. The van der Waals surface area contributed by atoms with Gasteiger partial charge in [0.15, 0.2) is 11.6 Å². The SMILES string of the molecule is Cn1c(=O)n(Cc2ccc(F)c(F)c2)c(=O)c2ccsc21. The lowest BCUT2D eigenvalue weighted by Crippen LogP contribution is -2.38. The molecule has 0 atom stereocenters. The van der Waals surface area contributed by atoms with Crippen LogP contribution in [0.3, 0.4) is 0 Å². The molecule has 2 aromatic heterocycles. The molecule has 0 spiro atoms. The Morgan fingerprint density at radius 3 is 2.62 bits per heavy atom. The van der Waals surface area contributed by atoms with E-state index in [2.05, 4.69) is 0 Å². The average Bonchev–Trinajstić information content (AvgIpc) is 2.95. The highest BCUT2D eigenvalue weighted by Gasteiger charge is 2.13. The van der Waals surface area contributed by atoms with E-state index in [4.69, 9.17) is 0 Å². The van der Waals surface area contributed by atoms with Crippen molar-refractivity contribution in [1.82, 2.24) is 9.13 Å². The van der Waals surface area contributed by atoms with Gasteiger partial charge in [-0.15, -0.1) is 11.3 Å². The molecule has 0 radical (unpaired) electrons. The standard InChI is InChI=1S/C14H10F2N2O2S/c1-17-13-9(4-5-21-13)12(19)18(14(17)20)7-8-2-3-10(15)11(16)6-8/h2-6H,7H2,1H3. The van der Waals surface area contributed by atoms with Crippen LogP contribution in [-0.4, -0.2) is 9.13 Å². The molecule has 2 heterocycles. The fourth-order valence-electron chi connectivity index (χ4n) is 2.18. The molecule has 0 aliphatic heterocycles. The van der Waals surface area contributed by atoms with E-state index in [1.54, 1.807) is 18.5 Å². The number of nitrogens with zero attached hydrogens (tertiary/aromatic N) is 2. The summed E-state index contributed by atoms with van der Waals surface area (Å²) < 4.78 is 28.5. The van der Waals surface area contributed by atoms with Gasteiger partial charge in [0.05, 0.1) is 11.9 Å². The highest BCUT2D eigenvalue weighted by molar-refractivity contribution is 7.16. The molecule has 0 aliphatic carbocycles. The second-order valence-corrected chi connectivity index (χ2v) is 5.52. The van der Waals surface area contributed by atoms with Crippen molar-refractivity contribution in [3.63, 3.8) is 0 Å². The molecule has 21 heavy (non-hydrogen) atoms. The molecule has 0 N–H and O–H groups in total. The van der Waals surface area contributed by atoms with Crippen molar-refractivity contribution in [2.24, 2.45) is 7.05 Å². The molecule has 0 unspecified atom stereocenters. The molecule has 0 aliphatic rings. The summed E-state index contributed by atoms with van der Waals surface area (Å²) in [5.41, 5.74) is -0.568. The molecule has 0 fully saturated rings. The minimum atomic E-state index is -1.01. The molecular formula is C14H10F2N2O2S. The van der Waals surface area contributed by atoms with Crippen LogP contribution in [0.25, 0.3) is 10.2 Å². The maximum atomic E-state index is 13.2. The van der Waals surface area contributed by atoms with E-state index in [1.807, 2.05) is 0 Å². The number of halogens is 2. The molecule has 0 amide bonds. The first-order valence-electron chi connectivity index (χ1n) is 6.10. The third kappa shape index (κ3) is 2.19. The van der Waals surface area contributed by atoms with Gasteiger partial charge in [-0.25, -0.2) is 13.6 Å². The van der Waals surface area contributed by atoms with Gasteiger partial charge in [-0.1, -0.05) is 6.07 Å². The lowest BCUT2D eigenvalue weighted by molar-refractivity contribution is 0.506. The first-order chi connectivity index (χ1) is 9.99. The van der Waals surface area contributed by atoms with E-state index >= 15 is 0 Å². The summed E-state index contributed by atoms with van der Waals surface area (Å²) in [6.45, 7) is -0.103. The number of fused-ring (bicyclic) bond motifs is 1. The molecule has 0 saturated carbocycles. The zero-order valence-electron chi connectivity index (χ0n) is 11.0. The van der Waals surface area contributed by atoms with Crippen LogP contribution in [0.4, 0.5) is 8.78 Å². The number of thiophene rings is 1. The van der Waals surface area contributed by atoms with Gasteiger partial charge >= 0.3 is 5.69 Å². The summed E-state index contributed by atoms with van der Waals surface area (Å²) in [5.74, 6) is -1.97. The Bertz CT molecular complexity index is 956. The molecule has 1 aromatic carbocycles. The topological polar surface area (TPSA) is 44.0 Å². The molecule has 0 saturated heterocycles. The fraction of sp³-hybridized carbons (Fsp3) is 0.143. The van der Waals surface area contributed by atoms with Crippen molar-refractivity contribution in [1.29, 1.82) is 0 Å². The first kappa shape index (κ1) is 13.7. The van der Waals surface area contributed by atoms with Crippen LogP contribution in [0.5, 0.6) is 0 Å². The second-order valence-electron chi connectivity index (χ2n) is 4.62. The van der Waals surface area contributed by atoms with Crippen LogP contribution in [0.15, 0.2) is 39.2 Å².